The van der Waals surface area contributed by atoms with Gasteiger partial charge in [-0.15, -0.1) is 0 Å². The Kier molecular flexibility index (Phi) is 8.93. The second kappa shape index (κ2) is 12.3. The van der Waals surface area contributed by atoms with E-state index in [1.54, 1.807) is 42.5 Å². The highest BCUT2D eigenvalue weighted by molar-refractivity contribution is 8.27. The van der Waals surface area contributed by atoms with E-state index in [0.717, 1.165) is 11.1 Å². The molecule has 196 valence electrons. The Morgan fingerprint density at radius 2 is 1.87 bits per heavy atom. The Bertz CT molecular complexity index is 1430. The highest BCUT2D eigenvalue weighted by Gasteiger charge is 2.33. The van der Waals surface area contributed by atoms with Crippen molar-refractivity contribution in [2.45, 2.75) is 13.8 Å². The van der Waals surface area contributed by atoms with E-state index in [-0.39, 0.29) is 18.4 Å². The Labute approximate surface area is 235 Å². The molecule has 10 heteroatoms. The molecule has 1 aliphatic heterocycles. The number of carbonyl (C=O) groups excluding carboxylic acids is 2. The molecule has 1 heterocycles. The van der Waals surface area contributed by atoms with Crippen LogP contribution in [-0.2, 0) is 9.59 Å². The van der Waals surface area contributed by atoms with Gasteiger partial charge >= 0.3 is 0 Å². The van der Waals surface area contributed by atoms with Crippen LogP contribution < -0.4 is 24.4 Å². The molecule has 0 saturated carbocycles. The largest absolute Gasteiger partial charge is 0.495 e. The molecule has 0 unspecified atom stereocenters. The number of amides is 2. The number of thioether (sulfide) groups is 1. The highest BCUT2D eigenvalue weighted by atomic mass is 35.5. The summed E-state index contributed by atoms with van der Waals surface area (Å²) in [5.74, 6) is 0.845. The number of hydrogen-bond acceptors (Lipinski definition) is 7. The van der Waals surface area contributed by atoms with E-state index in [2.05, 4.69) is 5.32 Å². The number of carbonyl (C=O) groups is 2. The molecule has 1 N–H and O–H groups in total. The summed E-state index contributed by atoms with van der Waals surface area (Å²) in [6.07, 6.45) is 1.74. The summed E-state index contributed by atoms with van der Waals surface area (Å²) >= 11 is 12.9. The van der Waals surface area contributed by atoms with E-state index in [9.17, 15) is 9.59 Å². The van der Waals surface area contributed by atoms with Gasteiger partial charge in [0.1, 0.15) is 5.75 Å². The van der Waals surface area contributed by atoms with Gasteiger partial charge in [0, 0.05) is 5.69 Å². The summed E-state index contributed by atoms with van der Waals surface area (Å²) in [7, 11) is 1.52. The number of thiocarbonyl (C=S) groups is 1. The van der Waals surface area contributed by atoms with Crippen molar-refractivity contribution in [2.75, 3.05) is 30.5 Å². The molecule has 2 amide bonds. The first-order chi connectivity index (χ1) is 18.3. The fourth-order valence-electron chi connectivity index (χ4n) is 3.70. The Balaban J connectivity index is 1.48. The second-order valence-corrected chi connectivity index (χ2v) is 10.3. The monoisotopic (exact) mass is 568 g/mol. The molecule has 0 radical (unpaired) electrons. The van der Waals surface area contributed by atoms with Crippen LogP contribution in [0, 0.1) is 6.92 Å². The SMILES string of the molecule is CCOc1cc(/C=C2/SC(=S)N(c3ccc(OC)c(Cl)c3)C2=O)ccc1OCC(=O)Nc1cccc(C)c1. The molecule has 0 bridgehead atoms. The molecule has 0 aliphatic carbocycles. The summed E-state index contributed by atoms with van der Waals surface area (Å²) in [6.45, 7) is 4.02. The first-order valence-corrected chi connectivity index (χ1v) is 13.3. The van der Waals surface area contributed by atoms with Crippen molar-refractivity contribution in [1.82, 2.24) is 0 Å². The number of aryl methyl sites for hydroxylation is 1. The molecular formula is C28H25ClN2O5S2. The van der Waals surface area contributed by atoms with Gasteiger partial charge in [-0.1, -0.05) is 53.8 Å². The molecule has 1 aliphatic rings. The number of methoxy groups -OCH3 is 1. The number of halogens is 1. The summed E-state index contributed by atoms with van der Waals surface area (Å²) in [5, 5.41) is 3.20. The third kappa shape index (κ3) is 6.48. The van der Waals surface area contributed by atoms with Crippen molar-refractivity contribution in [3.8, 4) is 17.2 Å². The minimum absolute atomic E-state index is 0.184. The van der Waals surface area contributed by atoms with Gasteiger partial charge in [-0.3, -0.25) is 14.5 Å². The van der Waals surface area contributed by atoms with Gasteiger partial charge in [-0.25, -0.2) is 0 Å². The molecule has 3 aromatic carbocycles. The van der Waals surface area contributed by atoms with Crippen LogP contribution in [0.15, 0.2) is 65.6 Å². The number of benzene rings is 3. The van der Waals surface area contributed by atoms with E-state index in [1.807, 2.05) is 38.1 Å². The molecule has 38 heavy (non-hydrogen) atoms. The molecule has 1 saturated heterocycles. The second-order valence-electron chi connectivity index (χ2n) is 8.18. The van der Waals surface area contributed by atoms with Gasteiger partial charge in [-0.05, 0) is 73.5 Å². The number of rotatable bonds is 9. The van der Waals surface area contributed by atoms with Crippen molar-refractivity contribution in [1.29, 1.82) is 0 Å². The van der Waals surface area contributed by atoms with E-state index in [0.29, 0.717) is 49.5 Å². The van der Waals surface area contributed by atoms with Gasteiger partial charge in [0.25, 0.3) is 11.8 Å². The summed E-state index contributed by atoms with van der Waals surface area (Å²) in [4.78, 5) is 27.5. The smallest absolute Gasteiger partial charge is 0.270 e. The molecule has 0 aromatic heterocycles. The molecule has 0 atom stereocenters. The predicted molar refractivity (Wildman–Crippen MR) is 157 cm³/mol. The number of anilines is 2. The lowest BCUT2D eigenvalue weighted by Crippen LogP contribution is -2.27. The van der Waals surface area contributed by atoms with Crippen LogP contribution in [0.2, 0.25) is 5.02 Å². The lowest BCUT2D eigenvalue weighted by Gasteiger charge is -2.15. The average molecular weight is 569 g/mol. The zero-order valence-electron chi connectivity index (χ0n) is 20.9. The number of nitrogens with one attached hydrogen (secondary N) is 1. The van der Waals surface area contributed by atoms with Crippen molar-refractivity contribution in [2.24, 2.45) is 0 Å². The molecule has 4 rings (SSSR count). The van der Waals surface area contributed by atoms with Crippen molar-refractivity contribution in [3.63, 3.8) is 0 Å². The predicted octanol–water partition coefficient (Wildman–Crippen LogP) is 6.48. The maximum absolute atomic E-state index is 13.2. The van der Waals surface area contributed by atoms with Crippen LogP contribution in [0.3, 0.4) is 0 Å². The van der Waals surface area contributed by atoms with E-state index in [4.69, 9.17) is 38.0 Å². The zero-order valence-corrected chi connectivity index (χ0v) is 23.3. The first kappa shape index (κ1) is 27.5. The lowest BCUT2D eigenvalue weighted by atomic mass is 10.1. The summed E-state index contributed by atoms with van der Waals surface area (Å²) < 4.78 is 17.1. The Hall–Kier alpha value is -3.53. The Morgan fingerprint density at radius 1 is 1.08 bits per heavy atom. The van der Waals surface area contributed by atoms with Crippen molar-refractivity contribution in [3.05, 3.63) is 81.7 Å². The Morgan fingerprint density at radius 3 is 2.58 bits per heavy atom. The number of hydrogen-bond donors (Lipinski definition) is 1. The van der Waals surface area contributed by atoms with E-state index >= 15 is 0 Å². The van der Waals surface area contributed by atoms with Crippen LogP contribution in [0.1, 0.15) is 18.1 Å². The first-order valence-electron chi connectivity index (χ1n) is 11.7. The van der Waals surface area contributed by atoms with Crippen LogP contribution in [-0.4, -0.2) is 36.5 Å². The van der Waals surface area contributed by atoms with Gasteiger partial charge in [0.2, 0.25) is 0 Å². The van der Waals surface area contributed by atoms with E-state index < -0.39 is 0 Å². The third-order valence-corrected chi connectivity index (χ3v) is 7.01. The minimum atomic E-state index is -0.288. The van der Waals surface area contributed by atoms with Crippen molar-refractivity contribution < 1.29 is 23.8 Å². The normalized spacial score (nSPS) is 14.1. The van der Waals surface area contributed by atoms with Crippen LogP contribution in [0.5, 0.6) is 17.2 Å². The van der Waals surface area contributed by atoms with Crippen LogP contribution >= 0.6 is 35.6 Å². The molecule has 0 spiro atoms. The van der Waals surface area contributed by atoms with Crippen LogP contribution in [0.4, 0.5) is 11.4 Å². The van der Waals surface area contributed by atoms with Gasteiger partial charge in [0.05, 0.1) is 29.3 Å². The quantitative estimate of drug-likeness (QED) is 0.234. The fraction of sp³-hybridized carbons (Fsp3) is 0.179. The van der Waals surface area contributed by atoms with Crippen LogP contribution in [0.25, 0.3) is 6.08 Å². The van der Waals surface area contributed by atoms with E-state index in [1.165, 1.54) is 23.8 Å². The third-order valence-electron chi connectivity index (χ3n) is 5.41. The molecular weight excluding hydrogens is 544 g/mol. The zero-order chi connectivity index (χ0) is 27.2. The van der Waals surface area contributed by atoms with Gasteiger partial charge < -0.3 is 19.5 Å². The topological polar surface area (TPSA) is 77.1 Å². The van der Waals surface area contributed by atoms with Crippen molar-refractivity contribution >= 4 is 69.2 Å². The fourth-order valence-corrected chi connectivity index (χ4v) is 5.25. The summed E-state index contributed by atoms with van der Waals surface area (Å²) in [6, 6.07) is 17.8. The van der Waals surface area contributed by atoms with Gasteiger partial charge in [0.15, 0.2) is 22.4 Å². The molecule has 1 fully saturated rings. The summed E-state index contributed by atoms with van der Waals surface area (Å²) in [5.41, 5.74) is 3.03. The standard InChI is InChI=1S/C28H25ClN2O5S2/c1-4-35-24-13-18(8-10-23(24)36-16-26(32)30-19-7-5-6-17(2)12-19)14-25-27(33)31(28(37)38-25)20-9-11-22(34-3)21(29)15-20/h5-15H,4,16H2,1-3H3,(H,30,32)/b25-14+. The molecule has 7 nitrogen and oxygen atoms in total. The lowest BCUT2D eigenvalue weighted by molar-refractivity contribution is -0.118. The van der Waals surface area contributed by atoms with Gasteiger partial charge in [-0.2, -0.15) is 0 Å². The number of ether oxygens (including phenoxy) is 3. The maximum Gasteiger partial charge on any atom is 0.270 e. The highest BCUT2D eigenvalue weighted by Crippen LogP contribution is 2.39. The maximum atomic E-state index is 13.2. The average Bonchev–Trinajstić information content (AvgIpc) is 3.16. The minimum Gasteiger partial charge on any atom is -0.495 e. The number of nitrogens with zero attached hydrogens (tertiary/aromatic N) is 1. The molecule has 3 aromatic rings.